The number of esters is 3. The molecular formula is C76H96ClN11O15. The number of carbonyl (C=O) groups excluding carboxylic acids is 5. The van der Waals surface area contributed by atoms with E-state index >= 15 is 0 Å². The maximum Gasteiger partial charge on any atom is 0.414 e. The molecule has 2 amide bonds. The Labute approximate surface area is 607 Å². The van der Waals surface area contributed by atoms with E-state index in [1.807, 2.05) is 84.2 Å². The highest BCUT2D eigenvalue weighted by Crippen LogP contribution is 2.35. The Morgan fingerprint density at radius 1 is 0.563 bits per heavy atom. The molecule has 27 heteroatoms. The number of benzene rings is 4. The third-order valence-corrected chi connectivity index (χ3v) is 15.2. The summed E-state index contributed by atoms with van der Waals surface area (Å²) in [5.74, 6) is 1.22. The van der Waals surface area contributed by atoms with E-state index in [4.69, 9.17) is 54.2 Å². The first kappa shape index (κ1) is 81.8. The zero-order valence-electron chi connectivity index (χ0n) is 61.8. The van der Waals surface area contributed by atoms with E-state index in [1.165, 1.54) is 39.9 Å². The monoisotopic (exact) mass is 1440 g/mol. The number of methoxy groups -OCH3 is 4. The molecule has 1 saturated heterocycles. The van der Waals surface area contributed by atoms with Crippen LogP contribution in [0.25, 0.3) is 16.6 Å². The van der Waals surface area contributed by atoms with Crippen LogP contribution in [0.4, 0.5) is 9.59 Å². The van der Waals surface area contributed by atoms with Crippen molar-refractivity contribution in [1.82, 2.24) is 54.2 Å². The number of rotatable bonds is 18. The quantitative estimate of drug-likeness (QED) is 0.0438. The van der Waals surface area contributed by atoms with Crippen LogP contribution in [-0.4, -0.2) is 168 Å². The number of para-hydroxylation sites is 2. The second kappa shape index (κ2) is 39.9. The van der Waals surface area contributed by atoms with Gasteiger partial charge in [-0.3, -0.25) is 19.4 Å². The first-order valence-electron chi connectivity index (χ1n) is 33.8. The molecule has 0 aliphatic carbocycles. The van der Waals surface area contributed by atoms with Gasteiger partial charge in [-0.25, -0.2) is 53.9 Å². The van der Waals surface area contributed by atoms with Gasteiger partial charge in [-0.2, -0.15) is 0 Å². The molecule has 0 N–H and O–H groups in total. The molecule has 2 atom stereocenters. The summed E-state index contributed by atoms with van der Waals surface area (Å²) in [6.45, 7) is 29.1. The Balaban J connectivity index is 0.000000213. The minimum atomic E-state index is -0.570. The Kier molecular flexibility index (Phi) is 31.7. The largest absolute Gasteiger partial charge is 0.465 e. The molecule has 552 valence electrons. The molecule has 6 heterocycles. The molecule has 103 heavy (non-hydrogen) atoms. The van der Waals surface area contributed by atoms with Gasteiger partial charge < -0.3 is 52.3 Å². The minimum Gasteiger partial charge on any atom is -0.465 e. The van der Waals surface area contributed by atoms with E-state index in [2.05, 4.69) is 79.1 Å². The summed E-state index contributed by atoms with van der Waals surface area (Å²) < 4.78 is 55.1. The Bertz CT molecular complexity index is 4020. The van der Waals surface area contributed by atoms with Crippen molar-refractivity contribution in [3.8, 4) is 34.9 Å². The third-order valence-electron chi connectivity index (χ3n) is 15.0. The first-order valence-corrected chi connectivity index (χ1v) is 34.1. The predicted octanol–water partition coefficient (Wildman–Crippen LogP) is 16.0. The van der Waals surface area contributed by atoms with E-state index in [0.717, 1.165) is 48.8 Å². The third kappa shape index (κ3) is 26.0. The van der Waals surface area contributed by atoms with Crippen molar-refractivity contribution in [2.24, 2.45) is 0 Å². The van der Waals surface area contributed by atoms with E-state index in [0.29, 0.717) is 88.8 Å². The van der Waals surface area contributed by atoms with Crippen molar-refractivity contribution in [2.75, 3.05) is 54.6 Å². The average Bonchev–Trinajstić information content (AvgIpc) is 1.65. The molecular weight excluding hydrogens is 1340 g/mol. The number of hydrogen-bond donors (Lipinski definition) is 0. The lowest BCUT2D eigenvalue weighted by Crippen LogP contribution is -2.42. The zero-order valence-corrected chi connectivity index (χ0v) is 62.6. The second-order valence-electron chi connectivity index (χ2n) is 26.0. The van der Waals surface area contributed by atoms with Gasteiger partial charge >= 0.3 is 30.1 Å². The fourth-order valence-corrected chi connectivity index (χ4v) is 10.5. The summed E-state index contributed by atoms with van der Waals surface area (Å²) >= 11 is 5.81. The zero-order chi connectivity index (χ0) is 75.4. The normalized spacial score (nSPS) is 13.8. The lowest BCUT2D eigenvalue weighted by Gasteiger charge is -2.34. The summed E-state index contributed by atoms with van der Waals surface area (Å²) in [6, 6.07) is 28.9. The lowest BCUT2D eigenvalue weighted by atomic mass is 9.95. The van der Waals surface area contributed by atoms with Crippen molar-refractivity contribution in [3.05, 3.63) is 180 Å². The molecule has 4 aromatic carbocycles. The smallest absolute Gasteiger partial charge is 0.414 e. The molecule has 0 saturated carbocycles. The molecule has 1 fully saturated rings. The van der Waals surface area contributed by atoms with Gasteiger partial charge in [0.15, 0.2) is 5.15 Å². The van der Waals surface area contributed by atoms with Crippen LogP contribution in [0.3, 0.4) is 0 Å². The van der Waals surface area contributed by atoms with E-state index < -0.39 is 41.6 Å². The SMILES string of the molecule is CCN(C(C)C)C(C)C.COC(=O)c1ccc(Oc2nccnc2C2=CN(C(=O)OC(C)(C)C)CCC2)cc1.COC(=O)c1ccc(Oc2nccnc2C2CCCN(C(=O)OC(C)(C)C)C2)cc1.COC(=O)c1ccc(Oc2nccnc2Cl)cc1.COC(OC(C)C)n1cnc2ccccc21. The average molecular weight is 1440 g/mol. The minimum absolute atomic E-state index is 0.00990. The van der Waals surface area contributed by atoms with Gasteiger partial charge in [0.25, 0.3) is 5.88 Å². The van der Waals surface area contributed by atoms with Gasteiger partial charge in [-0.15, -0.1) is 0 Å². The lowest BCUT2D eigenvalue weighted by molar-refractivity contribution is -0.192. The highest BCUT2D eigenvalue weighted by molar-refractivity contribution is 6.30. The summed E-state index contributed by atoms with van der Waals surface area (Å²) in [5, 5.41) is 0.176. The van der Waals surface area contributed by atoms with Crippen LogP contribution in [0.15, 0.2) is 147 Å². The van der Waals surface area contributed by atoms with E-state index in [-0.39, 0.29) is 29.1 Å². The molecule has 0 bridgehead atoms. The maximum atomic E-state index is 12.5. The molecule has 2 unspecified atom stereocenters. The molecule has 0 radical (unpaired) electrons. The number of likely N-dealkylation sites (tertiary alicyclic amines) is 1. The molecule has 4 aromatic heterocycles. The summed E-state index contributed by atoms with van der Waals surface area (Å²) in [7, 11) is 5.62. The number of ether oxygens (including phenoxy) is 10. The second-order valence-corrected chi connectivity index (χ2v) is 26.4. The molecule has 10 rings (SSSR count). The number of carbonyl (C=O) groups is 5. The van der Waals surface area contributed by atoms with Crippen LogP contribution in [-0.2, 0) is 33.2 Å². The van der Waals surface area contributed by atoms with Crippen molar-refractivity contribution in [3.63, 3.8) is 0 Å². The first-order chi connectivity index (χ1) is 49.0. The van der Waals surface area contributed by atoms with Crippen LogP contribution in [0.5, 0.6) is 34.9 Å². The van der Waals surface area contributed by atoms with Crippen LogP contribution in [0.1, 0.15) is 170 Å². The van der Waals surface area contributed by atoms with Crippen molar-refractivity contribution < 1.29 is 71.3 Å². The number of imidazole rings is 1. The van der Waals surface area contributed by atoms with Crippen molar-refractivity contribution in [2.45, 2.75) is 157 Å². The fraction of sp³-hybridized carbons (Fsp3) is 0.421. The Morgan fingerprint density at radius 2 is 1.04 bits per heavy atom. The van der Waals surface area contributed by atoms with Crippen molar-refractivity contribution >= 4 is 58.3 Å². The predicted molar refractivity (Wildman–Crippen MR) is 389 cm³/mol. The number of allylic oxidation sites excluding steroid dienone is 1. The summed E-state index contributed by atoms with van der Waals surface area (Å²) in [6.07, 6.45) is 14.9. The highest BCUT2D eigenvalue weighted by Gasteiger charge is 2.32. The number of halogens is 1. The van der Waals surface area contributed by atoms with Gasteiger partial charge in [0, 0.05) is 88.1 Å². The molecule has 2 aliphatic heterocycles. The number of nitrogens with zero attached hydrogens (tertiary/aromatic N) is 11. The van der Waals surface area contributed by atoms with Gasteiger partial charge in [0.2, 0.25) is 18.2 Å². The van der Waals surface area contributed by atoms with E-state index in [9.17, 15) is 24.0 Å². The number of amides is 2. The summed E-state index contributed by atoms with van der Waals surface area (Å²) in [5.41, 5.74) is 4.23. The number of fused-ring (bicyclic) bond motifs is 1. The number of piperidine rings is 1. The van der Waals surface area contributed by atoms with E-state index in [1.54, 1.807) is 121 Å². The topological polar surface area (TPSA) is 283 Å². The Morgan fingerprint density at radius 3 is 1.52 bits per heavy atom. The summed E-state index contributed by atoms with van der Waals surface area (Å²) in [4.78, 5) is 94.6. The molecule has 26 nitrogen and oxygen atoms in total. The Hall–Kier alpha value is -10.2. The van der Waals surface area contributed by atoms with Gasteiger partial charge in [0.1, 0.15) is 39.8 Å². The molecule has 2 aliphatic rings. The maximum absolute atomic E-state index is 12.5. The number of hydrogen-bond acceptors (Lipinski definition) is 23. The highest BCUT2D eigenvalue weighted by atomic mass is 35.5. The standard InChI is InChI=1S/C22H27N3O5.C22H25N3O5.C12H9ClN2O3.C12H16N2O2.C8H19N/c2*1-22(2,3)30-21(27)25-13-5-6-16(14-25)18-19(24-12-11-23-18)29-17-9-7-15(8-10-17)20(26)28-4;1-17-12(16)8-2-4-9(5-3-8)18-11-10(13)14-6-7-15-11;1-9(2)16-12(15-3)14-8-13-10-6-4-5-7-11(10)14;1-6-9(7(2)3)8(4)5/h7-12,16H,5-6,13-14H2,1-4H3;7-12,14H,5-6,13H2,1-4H3;2-7H,1H3;4-9,12H,1-3H3;7-8H,6H2,1-5H3. The van der Waals surface area contributed by atoms with Crippen LogP contribution in [0, 0.1) is 0 Å². The van der Waals surface area contributed by atoms with Crippen LogP contribution < -0.4 is 14.2 Å². The van der Waals surface area contributed by atoms with Crippen LogP contribution >= 0.6 is 11.6 Å². The van der Waals surface area contributed by atoms with Crippen LogP contribution in [0.2, 0.25) is 5.15 Å². The number of aromatic nitrogens is 8. The molecule has 0 spiro atoms. The van der Waals surface area contributed by atoms with Gasteiger partial charge in [-0.05, 0) is 206 Å². The fourth-order valence-electron chi connectivity index (χ4n) is 10.4. The molecule has 8 aromatic rings. The van der Waals surface area contributed by atoms with Crippen molar-refractivity contribution in [1.29, 1.82) is 0 Å². The van der Waals surface area contributed by atoms with Gasteiger partial charge in [0.05, 0.1) is 61.5 Å². The van der Waals surface area contributed by atoms with Gasteiger partial charge in [-0.1, -0.05) is 30.7 Å².